The average molecular weight is 786 g/mol. The van der Waals surface area contributed by atoms with E-state index in [0.717, 1.165) is 93.4 Å². The van der Waals surface area contributed by atoms with Crippen molar-refractivity contribution in [2.24, 2.45) is 25.4 Å². The molecule has 4 aromatic rings. The van der Waals surface area contributed by atoms with Crippen LogP contribution < -0.4 is 10.6 Å². The van der Waals surface area contributed by atoms with Gasteiger partial charge in [0.2, 0.25) is 0 Å². The lowest BCUT2D eigenvalue weighted by Crippen LogP contribution is -2.42. The van der Waals surface area contributed by atoms with Crippen LogP contribution in [0.1, 0.15) is 102 Å². The number of aliphatic hydroxyl groups is 1. The van der Waals surface area contributed by atoms with Crippen LogP contribution in [0.4, 0.5) is 11.4 Å². The van der Waals surface area contributed by atoms with E-state index in [1.807, 2.05) is 47.5 Å². The Kier molecular flexibility index (Phi) is 9.82. The summed E-state index contributed by atoms with van der Waals surface area (Å²) in [5.74, 6) is 0.964. The maximum atomic E-state index is 13.7. The molecule has 0 saturated heterocycles. The van der Waals surface area contributed by atoms with Gasteiger partial charge >= 0.3 is 0 Å². The predicted molar refractivity (Wildman–Crippen MR) is 215 cm³/mol. The van der Waals surface area contributed by atoms with Crippen molar-refractivity contribution in [3.8, 4) is 11.1 Å². The minimum absolute atomic E-state index is 0.192. The van der Waals surface area contributed by atoms with Crippen molar-refractivity contribution >= 4 is 46.4 Å². The molecule has 3 aliphatic carbocycles. The minimum Gasteiger partial charge on any atom is -0.393 e. The fourth-order valence-corrected chi connectivity index (χ4v) is 11.0. The van der Waals surface area contributed by atoms with Crippen LogP contribution in [-0.4, -0.2) is 77.6 Å². The summed E-state index contributed by atoms with van der Waals surface area (Å²) in [5, 5.41) is 16.6. The van der Waals surface area contributed by atoms with E-state index in [9.17, 15) is 14.7 Å². The topological polar surface area (TPSA) is 121 Å². The highest BCUT2D eigenvalue weighted by Crippen LogP contribution is 2.54. The maximum absolute atomic E-state index is 13.7. The minimum atomic E-state index is -0.346. The zero-order valence-electron chi connectivity index (χ0n) is 31.7. The number of rotatable bonds is 8. The molecule has 0 unspecified atom stereocenters. The highest BCUT2D eigenvalue weighted by molar-refractivity contribution is 6.40. The molecule has 2 aliphatic heterocycles. The fourth-order valence-electron chi connectivity index (χ4n) is 10.4. The molecule has 2 amide bonds. The molecule has 13 heteroatoms. The smallest absolute Gasteiger partial charge is 0.291 e. The summed E-state index contributed by atoms with van der Waals surface area (Å²) in [6.07, 6.45) is 12.0. The SMILES string of the molecule is Cn1c(C(=O)Nc2cccc(-c3cccc(NC(=O)c4nc5c(n4C)CCN(C4CCC(O)CC4)C5)c3Cl)c2Cl)nc2c1CCN(CC13CCC(CC1)C3)C2. The monoisotopic (exact) mass is 784 g/mol. The first kappa shape index (κ1) is 36.9. The Morgan fingerprint density at radius 3 is 1.87 bits per heavy atom. The average Bonchev–Trinajstić information content (AvgIpc) is 3.95. The summed E-state index contributed by atoms with van der Waals surface area (Å²) in [6, 6.07) is 11.3. The summed E-state index contributed by atoms with van der Waals surface area (Å²) in [7, 11) is 3.81. The van der Waals surface area contributed by atoms with Gasteiger partial charge in [0, 0.05) is 88.2 Å². The van der Waals surface area contributed by atoms with E-state index in [1.165, 1.54) is 32.1 Å². The number of anilines is 2. The lowest BCUT2D eigenvalue weighted by molar-refractivity contribution is 0.0668. The van der Waals surface area contributed by atoms with Gasteiger partial charge in [-0.3, -0.25) is 19.4 Å². The van der Waals surface area contributed by atoms with Gasteiger partial charge in [-0.25, -0.2) is 9.97 Å². The third-order valence-electron chi connectivity index (χ3n) is 13.4. The lowest BCUT2D eigenvalue weighted by Gasteiger charge is -2.37. The molecule has 0 spiro atoms. The lowest BCUT2D eigenvalue weighted by atomic mass is 9.83. The molecule has 5 aliphatic rings. The third kappa shape index (κ3) is 6.90. The Labute approximate surface area is 332 Å². The summed E-state index contributed by atoms with van der Waals surface area (Å²) < 4.78 is 3.82. The Morgan fingerprint density at radius 2 is 1.33 bits per heavy atom. The van der Waals surface area contributed by atoms with Crippen molar-refractivity contribution in [2.45, 2.75) is 95.9 Å². The summed E-state index contributed by atoms with van der Waals surface area (Å²) >= 11 is 14.0. The standard InChI is InChI=1S/C42H50Cl2N8O3/c1-49-34-15-19-51(24-42-17-13-25(21-42)14-18-42)22-32(34)45-38(49)40(54)47-30-7-3-5-28(36(30)43)29-6-4-8-31(37(29)44)48-41(55)39-46-33-23-52(20-16-35(33)50(39)2)26-9-11-27(53)12-10-26/h3-8,25-27,53H,9-24H2,1-2H3,(H,47,54)(H,48,55). The number of carbonyl (C=O) groups is 2. The Balaban J connectivity index is 0.886. The van der Waals surface area contributed by atoms with Crippen molar-refractivity contribution in [1.29, 1.82) is 0 Å². The van der Waals surface area contributed by atoms with Gasteiger partial charge in [-0.15, -0.1) is 0 Å². The van der Waals surface area contributed by atoms with Gasteiger partial charge in [0.05, 0.1) is 38.9 Å². The molecule has 2 bridgehead atoms. The van der Waals surface area contributed by atoms with Crippen molar-refractivity contribution in [3.05, 3.63) is 80.9 Å². The van der Waals surface area contributed by atoms with E-state index in [0.29, 0.717) is 62.2 Å². The molecular formula is C42H50Cl2N8O3. The first-order valence-corrected chi connectivity index (χ1v) is 20.7. The molecule has 2 aromatic carbocycles. The number of hydrogen-bond acceptors (Lipinski definition) is 7. The highest BCUT2D eigenvalue weighted by Gasteiger charge is 2.46. The van der Waals surface area contributed by atoms with Crippen LogP contribution in [0.25, 0.3) is 11.1 Å². The second-order valence-electron chi connectivity index (χ2n) is 16.8. The third-order valence-corrected chi connectivity index (χ3v) is 14.3. The fraction of sp³-hybridized carbons (Fsp3) is 0.524. The molecule has 3 saturated carbocycles. The Morgan fingerprint density at radius 1 is 0.782 bits per heavy atom. The van der Waals surface area contributed by atoms with Crippen LogP contribution in [0, 0.1) is 11.3 Å². The van der Waals surface area contributed by atoms with Crippen LogP contribution >= 0.6 is 23.2 Å². The van der Waals surface area contributed by atoms with Gasteiger partial charge in [0.1, 0.15) is 0 Å². The molecular weight excluding hydrogens is 735 g/mol. The second kappa shape index (κ2) is 14.6. The number of halogens is 2. The number of carbonyl (C=O) groups excluding carboxylic acids is 2. The molecule has 0 atom stereocenters. The van der Waals surface area contributed by atoms with Gasteiger partial charge in [-0.05, 0) is 81.3 Å². The van der Waals surface area contributed by atoms with Crippen molar-refractivity contribution < 1.29 is 14.7 Å². The number of hydrogen-bond donors (Lipinski definition) is 3. The number of benzene rings is 2. The van der Waals surface area contributed by atoms with E-state index in [1.54, 1.807) is 12.1 Å². The number of aliphatic hydroxyl groups excluding tert-OH is 1. The Hall–Kier alpha value is -3.74. The number of imidazole rings is 2. The first-order valence-electron chi connectivity index (χ1n) is 20.0. The molecule has 290 valence electrons. The molecule has 3 N–H and O–H groups in total. The van der Waals surface area contributed by atoms with Crippen LogP contribution in [-0.2, 0) is 40.0 Å². The van der Waals surface area contributed by atoms with Gasteiger partial charge < -0.3 is 24.9 Å². The zero-order chi connectivity index (χ0) is 38.0. The normalized spacial score (nSPS) is 25.1. The van der Waals surface area contributed by atoms with Gasteiger partial charge in [0.25, 0.3) is 11.8 Å². The molecule has 0 radical (unpaired) electrons. The highest BCUT2D eigenvalue weighted by atomic mass is 35.5. The van der Waals surface area contributed by atoms with E-state index in [-0.39, 0.29) is 17.9 Å². The second-order valence-corrected chi connectivity index (χ2v) is 17.6. The zero-order valence-corrected chi connectivity index (χ0v) is 33.2. The Bertz CT molecular complexity index is 2150. The van der Waals surface area contributed by atoms with E-state index in [2.05, 4.69) is 20.4 Å². The largest absolute Gasteiger partial charge is 0.393 e. The van der Waals surface area contributed by atoms with Crippen molar-refractivity contribution in [2.75, 3.05) is 30.3 Å². The van der Waals surface area contributed by atoms with Gasteiger partial charge in [-0.1, -0.05) is 47.5 Å². The summed E-state index contributed by atoms with van der Waals surface area (Å²) in [4.78, 5) is 42.1. The quantitative estimate of drug-likeness (QED) is 0.173. The van der Waals surface area contributed by atoms with E-state index >= 15 is 0 Å². The van der Waals surface area contributed by atoms with Crippen LogP contribution in [0.2, 0.25) is 10.0 Å². The number of nitrogens with one attached hydrogen (secondary N) is 2. The summed E-state index contributed by atoms with van der Waals surface area (Å²) in [5.41, 5.74) is 6.71. The maximum Gasteiger partial charge on any atom is 0.291 e. The molecule has 11 nitrogen and oxygen atoms in total. The molecule has 55 heavy (non-hydrogen) atoms. The molecule has 9 rings (SSSR count). The number of fused-ring (bicyclic) bond motifs is 4. The number of nitrogens with zero attached hydrogens (tertiary/aromatic N) is 6. The van der Waals surface area contributed by atoms with Crippen LogP contribution in [0.5, 0.6) is 0 Å². The van der Waals surface area contributed by atoms with Gasteiger partial charge in [-0.2, -0.15) is 0 Å². The molecule has 2 aromatic heterocycles. The first-order chi connectivity index (χ1) is 26.6. The van der Waals surface area contributed by atoms with Crippen molar-refractivity contribution in [1.82, 2.24) is 28.9 Å². The molecule has 4 heterocycles. The van der Waals surface area contributed by atoms with E-state index in [4.69, 9.17) is 33.2 Å². The number of amides is 2. The van der Waals surface area contributed by atoms with Crippen LogP contribution in [0.3, 0.4) is 0 Å². The van der Waals surface area contributed by atoms with Crippen LogP contribution in [0.15, 0.2) is 36.4 Å². The number of aromatic nitrogens is 4. The van der Waals surface area contributed by atoms with Gasteiger partial charge in [0.15, 0.2) is 11.6 Å². The van der Waals surface area contributed by atoms with Crippen molar-refractivity contribution in [3.63, 3.8) is 0 Å². The predicted octanol–water partition coefficient (Wildman–Crippen LogP) is 7.23. The van der Waals surface area contributed by atoms with E-state index < -0.39 is 0 Å². The summed E-state index contributed by atoms with van der Waals surface area (Å²) in [6.45, 7) is 4.50. The molecule has 3 fully saturated rings.